The summed E-state index contributed by atoms with van der Waals surface area (Å²) in [5, 5.41) is 6.61. The molecule has 0 unspecified atom stereocenters. The Morgan fingerprint density at radius 3 is 2.42 bits per heavy atom. The first-order valence-corrected chi connectivity index (χ1v) is 10.9. The minimum atomic E-state index is -0.390. The first-order chi connectivity index (χ1) is 15.7. The van der Waals surface area contributed by atoms with Gasteiger partial charge in [-0.25, -0.2) is 4.79 Å². The normalized spacial score (nSPS) is 14.1. The number of amides is 2. The number of nitrogens with zero attached hydrogens (tertiary/aromatic N) is 3. The molecule has 182 valence electrons. The van der Waals surface area contributed by atoms with Crippen molar-refractivity contribution >= 4 is 12.5 Å². The molecule has 1 fully saturated rings. The highest BCUT2D eigenvalue weighted by Gasteiger charge is 2.25. The summed E-state index contributed by atoms with van der Waals surface area (Å²) in [5.74, 6) is 2.63. The predicted octanol–water partition coefficient (Wildman–Crippen LogP) is 3.62. The van der Waals surface area contributed by atoms with Crippen LogP contribution in [0.15, 0.2) is 22.7 Å². The molecule has 10 heteroatoms. The van der Waals surface area contributed by atoms with E-state index in [1.807, 2.05) is 45.9 Å². The lowest BCUT2D eigenvalue weighted by Crippen LogP contribution is -2.32. The van der Waals surface area contributed by atoms with Crippen molar-refractivity contribution in [3.63, 3.8) is 0 Å². The van der Waals surface area contributed by atoms with Crippen LogP contribution >= 0.6 is 0 Å². The number of hydrogen-bond donors (Lipinski definition) is 1. The summed E-state index contributed by atoms with van der Waals surface area (Å²) in [6.07, 6.45) is 2.22. The van der Waals surface area contributed by atoms with Crippen molar-refractivity contribution in [2.24, 2.45) is 0 Å². The van der Waals surface area contributed by atoms with E-state index in [2.05, 4.69) is 15.5 Å². The average Bonchev–Trinajstić information content (AvgIpc) is 3.28. The summed E-state index contributed by atoms with van der Waals surface area (Å²) in [6.45, 7) is 9.41. The van der Waals surface area contributed by atoms with Crippen LogP contribution in [-0.2, 0) is 9.53 Å². The molecule has 0 saturated carbocycles. The topological polar surface area (TPSA) is 116 Å². The maximum atomic E-state index is 10.8. The van der Waals surface area contributed by atoms with Gasteiger partial charge in [0.1, 0.15) is 5.60 Å². The van der Waals surface area contributed by atoms with Crippen LogP contribution in [0.5, 0.6) is 11.5 Å². The monoisotopic (exact) mass is 462 g/mol. The van der Waals surface area contributed by atoms with E-state index in [1.54, 1.807) is 19.1 Å². The fourth-order valence-electron chi connectivity index (χ4n) is 3.20. The maximum Gasteiger partial charge on any atom is 0.407 e. The Kier molecular flexibility index (Phi) is 9.50. The summed E-state index contributed by atoms with van der Waals surface area (Å²) in [4.78, 5) is 27.8. The van der Waals surface area contributed by atoms with Crippen LogP contribution in [0.1, 0.15) is 52.3 Å². The molecule has 33 heavy (non-hydrogen) atoms. The molecule has 1 aromatic carbocycles. The lowest BCUT2D eigenvalue weighted by atomic mass is 9.97. The highest BCUT2D eigenvalue weighted by Crippen LogP contribution is 2.32. The Hall–Kier alpha value is -3.30. The van der Waals surface area contributed by atoms with Crippen LogP contribution in [0.2, 0.25) is 0 Å². The molecule has 1 aliphatic heterocycles. The van der Waals surface area contributed by atoms with Crippen molar-refractivity contribution in [2.45, 2.75) is 52.1 Å². The minimum Gasteiger partial charge on any atom is -0.493 e. The van der Waals surface area contributed by atoms with Crippen LogP contribution in [0.25, 0.3) is 11.4 Å². The third kappa shape index (κ3) is 7.96. The van der Waals surface area contributed by atoms with Gasteiger partial charge in [0.15, 0.2) is 11.5 Å². The van der Waals surface area contributed by atoms with E-state index in [0.717, 1.165) is 37.9 Å². The number of carbonyl (C=O) groups is 2. The second-order valence-electron chi connectivity index (χ2n) is 8.47. The minimum absolute atomic E-state index is 0.201. The fraction of sp³-hybridized carbons (Fsp3) is 0.565. The van der Waals surface area contributed by atoms with Crippen molar-refractivity contribution in [1.82, 2.24) is 20.4 Å². The van der Waals surface area contributed by atoms with Crippen LogP contribution < -0.4 is 14.8 Å². The molecular weight excluding hydrogens is 428 g/mol. The molecule has 0 atom stereocenters. The van der Waals surface area contributed by atoms with Crippen molar-refractivity contribution in [2.75, 3.05) is 33.9 Å². The van der Waals surface area contributed by atoms with Gasteiger partial charge in [0.2, 0.25) is 18.1 Å². The van der Waals surface area contributed by atoms with Gasteiger partial charge in [-0.2, -0.15) is 4.98 Å². The SMILES string of the molecule is CCNC(=O)OC(C)(C)C.COc1ccc(-c2noc(C3CCN(C=O)CC3)n2)cc1OC. The maximum absolute atomic E-state index is 10.8. The Morgan fingerprint density at radius 1 is 1.21 bits per heavy atom. The van der Waals surface area contributed by atoms with E-state index in [9.17, 15) is 9.59 Å². The molecular formula is C23H34N4O6. The molecule has 3 rings (SSSR count). The lowest BCUT2D eigenvalue weighted by Gasteiger charge is -2.26. The van der Waals surface area contributed by atoms with E-state index >= 15 is 0 Å². The van der Waals surface area contributed by atoms with Gasteiger partial charge in [-0.1, -0.05) is 5.16 Å². The molecule has 10 nitrogen and oxygen atoms in total. The zero-order valence-corrected chi connectivity index (χ0v) is 20.2. The molecule has 1 aliphatic rings. The van der Waals surface area contributed by atoms with Gasteiger partial charge in [0.05, 0.1) is 14.2 Å². The number of nitrogens with one attached hydrogen (secondary N) is 1. The van der Waals surface area contributed by atoms with Gasteiger partial charge in [-0.3, -0.25) is 4.79 Å². The zero-order chi connectivity index (χ0) is 24.4. The molecule has 2 aromatic rings. The number of likely N-dealkylation sites (tertiary alicyclic amines) is 1. The number of alkyl carbamates (subject to hydrolysis) is 1. The summed E-state index contributed by atoms with van der Waals surface area (Å²) in [7, 11) is 3.18. The third-order valence-electron chi connectivity index (χ3n) is 4.83. The van der Waals surface area contributed by atoms with Gasteiger partial charge in [0.25, 0.3) is 0 Å². The van der Waals surface area contributed by atoms with Crippen molar-refractivity contribution < 1.29 is 28.3 Å². The number of carbonyl (C=O) groups excluding carboxylic acids is 2. The summed E-state index contributed by atoms with van der Waals surface area (Å²) in [5.41, 5.74) is 0.419. The van der Waals surface area contributed by atoms with Crippen molar-refractivity contribution in [1.29, 1.82) is 0 Å². The quantitative estimate of drug-likeness (QED) is 0.647. The lowest BCUT2D eigenvalue weighted by molar-refractivity contribution is -0.119. The largest absolute Gasteiger partial charge is 0.493 e. The standard InChI is InChI=1S/C16H19N3O4.C7H15NO2/c1-21-13-4-3-12(9-14(13)22-2)15-17-16(23-18-15)11-5-7-19(10-20)8-6-11;1-5-8-6(9)10-7(2,3)4/h3-4,9-11H,5-8H2,1-2H3;5H2,1-4H3,(H,8,9). The van der Waals surface area contributed by atoms with Crippen LogP contribution in [-0.4, -0.2) is 67.0 Å². The van der Waals surface area contributed by atoms with Crippen LogP contribution in [0.4, 0.5) is 4.79 Å². The van der Waals surface area contributed by atoms with Gasteiger partial charge in [-0.15, -0.1) is 0 Å². The number of aromatic nitrogens is 2. The molecule has 0 bridgehead atoms. The molecule has 2 amide bonds. The van der Waals surface area contributed by atoms with Crippen molar-refractivity contribution in [3.05, 3.63) is 24.1 Å². The molecule has 2 heterocycles. The van der Waals surface area contributed by atoms with Crippen LogP contribution in [0.3, 0.4) is 0 Å². The molecule has 1 aromatic heterocycles. The summed E-state index contributed by atoms with van der Waals surface area (Å²) >= 11 is 0. The molecule has 0 radical (unpaired) electrons. The van der Waals surface area contributed by atoms with Gasteiger partial charge < -0.3 is 29.0 Å². The Labute approximate surface area is 194 Å². The van der Waals surface area contributed by atoms with Gasteiger partial charge >= 0.3 is 6.09 Å². The van der Waals surface area contributed by atoms with E-state index in [-0.39, 0.29) is 17.6 Å². The van der Waals surface area contributed by atoms with Gasteiger partial charge in [-0.05, 0) is 58.7 Å². The smallest absolute Gasteiger partial charge is 0.407 e. The van der Waals surface area contributed by atoms with E-state index < -0.39 is 0 Å². The van der Waals surface area contributed by atoms with Gasteiger partial charge in [0, 0.05) is 31.1 Å². The Balaban J connectivity index is 0.000000328. The highest BCUT2D eigenvalue weighted by molar-refractivity contribution is 5.67. The molecule has 1 N–H and O–H groups in total. The first-order valence-electron chi connectivity index (χ1n) is 10.9. The van der Waals surface area contributed by atoms with Crippen LogP contribution in [0, 0.1) is 0 Å². The first kappa shape index (κ1) is 26.0. The van der Waals surface area contributed by atoms with E-state index in [0.29, 0.717) is 29.8 Å². The molecule has 1 saturated heterocycles. The number of piperidine rings is 1. The summed E-state index contributed by atoms with van der Waals surface area (Å²) in [6, 6.07) is 5.50. The second-order valence-corrected chi connectivity index (χ2v) is 8.47. The fourth-order valence-corrected chi connectivity index (χ4v) is 3.20. The average molecular weight is 463 g/mol. The number of methoxy groups -OCH3 is 2. The van der Waals surface area contributed by atoms with E-state index in [1.165, 1.54) is 0 Å². The number of hydrogen-bond acceptors (Lipinski definition) is 8. The Bertz CT molecular complexity index is 901. The second kappa shape index (κ2) is 12.1. The number of benzene rings is 1. The third-order valence-corrected chi connectivity index (χ3v) is 4.83. The highest BCUT2D eigenvalue weighted by atomic mass is 16.6. The zero-order valence-electron chi connectivity index (χ0n) is 20.2. The Morgan fingerprint density at radius 2 is 1.88 bits per heavy atom. The van der Waals surface area contributed by atoms with Crippen molar-refractivity contribution in [3.8, 4) is 22.9 Å². The number of rotatable bonds is 6. The van der Waals surface area contributed by atoms with E-state index in [4.69, 9.17) is 18.7 Å². The molecule has 0 aliphatic carbocycles. The summed E-state index contributed by atoms with van der Waals surface area (Å²) < 4.78 is 20.9. The predicted molar refractivity (Wildman–Crippen MR) is 122 cm³/mol. The molecule has 0 spiro atoms. The number of ether oxygens (including phenoxy) is 3.